The number of ketones is 1. The average Bonchev–Trinajstić information content (AvgIpc) is 3.11. The Morgan fingerprint density at radius 1 is 1.18 bits per heavy atom. The van der Waals surface area contributed by atoms with Gasteiger partial charge in [-0.25, -0.2) is 0 Å². The highest BCUT2D eigenvalue weighted by atomic mass is 16.5. The number of rotatable bonds is 2. The summed E-state index contributed by atoms with van der Waals surface area (Å²) in [7, 11) is 3.32. The van der Waals surface area contributed by atoms with E-state index in [1.54, 1.807) is 67.8 Å². The van der Waals surface area contributed by atoms with Crippen LogP contribution in [0.3, 0.4) is 0 Å². The number of carbonyl (C=O) groups excluding carboxylic acids is 3. The van der Waals surface area contributed by atoms with Gasteiger partial charge in [0.05, 0.1) is 16.9 Å². The largest absolute Gasteiger partial charge is 0.492 e. The molecule has 7 nitrogen and oxygen atoms in total. The number of ether oxygens (including phenoxy) is 1. The number of carbonyl (C=O) groups is 3. The Kier molecular flexibility index (Phi) is 4.37. The van der Waals surface area contributed by atoms with Crippen molar-refractivity contribution in [2.24, 2.45) is 11.3 Å². The lowest BCUT2D eigenvalue weighted by Crippen LogP contribution is -2.51. The number of aromatic nitrogens is 1. The molecule has 0 radical (unpaired) electrons. The van der Waals surface area contributed by atoms with Crippen LogP contribution < -0.4 is 4.74 Å². The van der Waals surface area contributed by atoms with Crippen LogP contribution in [0.15, 0.2) is 48.8 Å². The molecule has 2 atom stereocenters. The monoisotopic (exact) mass is 379 g/mol. The Morgan fingerprint density at radius 2 is 1.89 bits per heavy atom. The first kappa shape index (κ1) is 18.2. The van der Waals surface area contributed by atoms with Gasteiger partial charge in [-0.3, -0.25) is 19.4 Å². The quantitative estimate of drug-likeness (QED) is 0.790. The lowest BCUT2D eigenvalue weighted by atomic mass is 9.71. The molecule has 0 saturated carbocycles. The van der Waals surface area contributed by atoms with Crippen molar-refractivity contribution in [1.82, 2.24) is 14.8 Å². The number of nitrogens with zero attached hydrogens (tertiary/aromatic N) is 3. The van der Waals surface area contributed by atoms with E-state index in [4.69, 9.17) is 4.74 Å². The molecule has 1 fully saturated rings. The first-order chi connectivity index (χ1) is 13.4. The van der Waals surface area contributed by atoms with E-state index < -0.39 is 11.3 Å². The van der Waals surface area contributed by atoms with Crippen LogP contribution in [0.2, 0.25) is 0 Å². The Bertz CT molecular complexity index is 944. The van der Waals surface area contributed by atoms with E-state index in [0.29, 0.717) is 16.9 Å². The van der Waals surface area contributed by atoms with Crippen molar-refractivity contribution in [3.8, 4) is 5.75 Å². The Balaban J connectivity index is 1.73. The van der Waals surface area contributed by atoms with Gasteiger partial charge in [0, 0.05) is 45.1 Å². The molecule has 0 N–H and O–H groups in total. The van der Waals surface area contributed by atoms with Crippen LogP contribution in [0.1, 0.15) is 20.7 Å². The number of hydrogen-bond donors (Lipinski definition) is 0. The van der Waals surface area contributed by atoms with Gasteiger partial charge in [-0.1, -0.05) is 12.1 Å². The molecule has 4 rings (SSSR count). The summed E-state index contributed by atoms with van der Waals surface area (Å²) in [6.45, 7) is 0.397. The number of hydrogen-bond acceptors (Lipinski definition) is 5. The number of amides is 2. The second kappa shape index (κ2) is 6.74. The molecule has 2 aliphatic heterocycles. The molecule has 1 saturated heterocycles. The zero-order valence-electron chi connectivity index (χ0n) is 15.8. The smallest absolute Gasteiger partial charge is 0.254 e. The zero-order valence-corrected chi connectivity index (χ0v) is 15.8. The summed E-state index contributed by atoms with van der Waals surface area (Å²) in [5.41, 5.74) is -0.144. The van der Waals surface area contributed by atoms with Crippen molar-refractivity contribution in [3.05, 3.63) is 59.9 Å². The fourth-order valence-electron chi connectivity index (χ4n) is 4.07. The lowest BCUT2D eigenvalue weighted by Gasteiger charge is -2.37. The van der Waals surface area contributed by atoms with Gasteiger partial charge in [0.25, 0.3) is 5.91 Å². The van der Waals surface area contributed by atoms with E-state index in [2.05, 4.69) is 4.98 Å². The summed E-state index contributed by atoms with van der Waals surface area (Å²) in [4.78, 5) is 46.4. The molecule has 1 aromatic carbocycles. The topological polar surface area (TPSA) is 79.8 Å². The molecule has 144 valence electrons. The molecular formula is C21H21N3O4. The van der Waals surface area contributed by atoms with Crippen LogP contribution in [0, 0.1) is 11.3 Å². The third kappa shape index (κ3) is 2.74. The van der Waals surface area contributed by atoms with Crippen LogP contribution >= 0.6 is 0 Å². The molecule has 7 heteroatoms. The van der Waals surface area contributed by atoms with E-state index >= 15 is 0 Å². The SMILES string of the molecule is CN(C)C(=O)[C@H]1CN(C(=O)c2ccncc2)C[C@@]12COc1ccccc1C2=O. The van der Waals surface area contributed by atoms with Crippen molar-refractivity contribution in [2.75, 3.05) is 33.8 Å². The van der Waals surface area contributed by atoms with E-state index in [9.17, 15) is 14.4 Å². The molecule has 2 amide bonds. The van der Waals surface area contributed by atoms with Crippen LogP contribution in [-0.4, -0.2) is 66.2 Å². The van der Waals surface area contributed by atoms with Crippen molar-refractivity contribution in [1.29, 1.82) is 0 Å². The molecule has 0 unspecified atom stereocenters. The Morgan fingerprint density at radius 3 is 2.61 bits per heavy atom. The van der Waals surface area contributed by atoms with Crippen molar-refractivity contribution in [3.63, 3.8) is 0 Å². The summed E-state index contributed by atoms with van der Waals surface area (Å²) >= 11 is 0. The molecule has 3 heterocycles. The molecule has 1 aromatic heterocycles. The van der Waals surface area contributed by atoms with Gasteiger partial charge in [-0.2, -0.15) is 0 Å². The molecule has 28 heavy (non-hydrogen) atoms. The van der Waals surface area contributed by atoms with Crippen LogP contribution in [0.25, 0.3) is 0 Å². The highest BCUT2D eigenvalue weighted by Crippen LogP contribution is 2.45. The third-order valence-corrected chi connectivity index (χ3v) is 5.57. The number of benzene rings is 1. The summed E-state index contributed by atoms with van der Waals surface area (Å²) in [5.74, 6) is -0.675. The lowest BCUT2D eigenvalue weighted by molar-refractivity contribution is -0.135. The summed E-state index contributed by atoms with van der Waals surface area (Å²) in [6.07, 6.45) is 3.10. The first-order valence-corrected chi connectivity index (χ1v) is 9.11. The van der Waals surface area contributed by atoms with Gasteiger partial charge in [0.1, 0.15) is 12.4 Å². The number of pyridine rings is 1. The Hall–Kier alpha value is -3.22. The maximum atomic E-state index is 13.5. The fourth-order valence-corrected chi connectivity index (χ4v) is 4.07. The van der Waals surface area contributed by atoms with Crippen molar-refractivity contribution >= 4 is 17.6 Å². The number of fused-ring (bicyclic) bond motifs is 1. The predicted octanol–water partition coefficient (Wildman–Crippen LogP) is 1.50. The second-order valence-corrected chi connectivity index (χ2v) is 7.48. The molecular weight excluding hydrogens is 358 g/mol. The van der Waals surface area contributed by atoms with Gasteiger partial charge in [-0.15, -0.1) is 0 Å². The zero-order chi connectivity index (χ0) is 19.9. The highest BCUT2D eigenvalue weighted by Gasteiger charge is 2.59. The van der Waals surface area contributed by atoms with Crippen molar-refractivity contribution < 1.29 is 19.1 Å². The standard InChI is InChI=1S/C21H21N3O4/c1-23(2)20(27)16-11-24(19(26)14-7-9-22-10-8-14)12-21(16)13-28-17-6-4-3-5-15(17)18(21)25/h3-10,16H,11-13H2,1-2H3/t16-,21-/m1/s1. The highest BCUT2D eigenvalue weighted by molar-refractivity contribution is 6.07. The summed E-state index contributed by atoms with van der Waals surface area (Å²) in [6, 6.07) is 10.3. The molecule has 2 aliphatic rings. The summed E-state index contributed by atoms with van der Waals surface area (Å²) in [5, 5.41) is 0. The molecule has 0 aliphatic carbocycles. The summed E-state index contributed by atoms with van der Waals surface area (Å²) < 4.78 is 5.89. The molecule has 0 bridgehead atoms. The van der Waals surface area contributed by atoms with Crippen LogP contribution in [0.5, 0.6) is 5.75 Å². The van der Waals surface area contributed by atoms with Gasteiger partial charge in [-0.05, 0) is 24.3 Å². The van der Waals surface area contributed by atoms with Gasteiger partial charge < -0.3 is 14.5 Å². The number of likely N-dealkylation sites (tertiary alicyclic amines) is 1. The average molecular weight is 379 g/mol. The van der Waals surface area contributed by atoms with Crippen molar-refractivity contribution in [2.45, 2.75) is 0 Å². The predicted molar refractivity (Wildman–Crippen MR) is 101 cm³/mol. The Labute approximate surface area is 162 Å². The molecule has 1 spiro atoms. The minimum Gasteiger partial charge on any atom is -0.492 e. The van der Waals surface area contributed by atoms with Gasteiger partial charge >= 0.3 is 0 Å². The van der Waals surface area contributed by atoms with Gasteiger partial charge in [0.15, 0.2) is 5.78 Å². The minimum absolute atomic E-state index is 0.0766. The minimum atomic E-state index is -1.08. The first-order valence-electron chi connectivity index (χ1n) is 9.11. The van der Waals surface area contributed by atoms with Crippen LogP contribution in [-0.2, 0) is 4.79 Å². The van der Waals surface area contributed by atoms with E-state index in [1.807, 2.05) is 0 Å². The van der Waals surface area contributed by atoms with E-state index in [1.165, 1.54) is 4.90 Å². The maximum absolute atomic E-state index is 13.5. The number of Topliss-reactive ketones (excluding diaryl/α,β-unsaturated/α-hetero) is 1. The fraction of sp³-hybridized carbons (Fsp3) is 0.333. The number of para-hydroxylation sites is 1. The maximum Gasteiger partial charge on any atom is 0.254 e. The molecule has 2 aromatic rings. The van der Waals surface area contributed by atoms with Gasteiger partial charge in [0.2, 0.25) is 5.91 Å². The van der Waals surface area contributed by atoms with E-state index in [-0.39, 0.29) is 37.3 Å². The van der Waals surface area contributed by atoms with E-state index in [0.717, 1.165) is 0 Å². The van der Waals surface area contributed by atoms with Crippen LogP contribution in [0.4, 0.5) is 0 Å². The normalized spacial score (nSPS) is 23.3. The third-order valence-electron chi connectivity index (χ3n) is 5.57. The second-order valence-electron chi connectivity index (χ2n) is 7.48.